The third-order valence-electron chi connectivity index (χ3n) is 6.62. The van der Waals surface area contributed by atoms with E-state index in [4.69, 9.17) is 4.74 Å². The predicted molar refractivity (Wildman–Crippen MR) is 109 cm³/mol. The van der Waals surface area contributed by atoms with Gasteiger partial charge in [-0.3, -0.25) is 0 Å². The van der Waals surface area contributed by atoms with Gasteiger partial charge in [-0.05, 0) is 29.1 Å². The fourth-order valence-electron chi connectivity index (χ4n) is 5.12. The van der Waals surface area contributed by atoms with Gasteiger partial charge in [0.1, 0.15) is 5.75 Å². The second-order valence-corrected chi connectivity index (χ2v) is 13.9. The van der Waals surface area contributed by atoms with Gasteiger partial charge in [-0.25, -0.2) is 0 Å². The summed E-state index contributed by atoms with van der Waals surface area (Å²) in [7, 11) is 0.257. The van der Waals surface area contributed by atoms with E-state index < -0.39 is 8.07 Å². The summed E-state index contributed by atoms with van der Waals surface area (Å²) in [5.74, 6) is 2.00. The molecule has 2 heteroatoms. The molecule has 0 spiro atoms. The normalized spacial score (nSPS) is 16.8. The Morgan fingerprint density at radius 3 is 2.04 bits per heavy atom. The first-order chi connectivity index (χ1) is 11.5. The lowest BCUT2D eigenvalue weighted by molar-refractivity contribution is 0.336. The molecule has 0 saturated heterocycles. The van der Waals surface area contributed by atoms with Gasteiger partial charge >= 0.3 is 0 Å². The number of hydrogen-bond acceptors (Lipinski definition) is 1. The molecule has 1 nitrogen and oxygen atoms in total. The summed E-state index contributed by atoms with van der Waals surface area (Å²) in [5.41, 5.74) is 1.58. The van der Waals surface area contributed by atoms with Crippen LogP contribution in [0.3, 0.4) is 0 Å². The van der Waals surface area contributed by atoms with Crippen LogP contribution in [0, 0.1) is 5.92 Å². The van der Waals surface area contributed by atoms with Crippen molar-refractivity contribution in [1.82, 2.24) is 0 Å². The van der Waals surface area contributed by atoms with Crippen molar-refractivity contribution in [2.24, 2.45) is 5.92 Å². The summed E-state index contributed by atoms with van der Waals surface area (Å²) >= 11 is 0. The Hall–Kier alpha value is -0.763. The highest BCUT2D eigenvalue weighted by Gasteiger charge is 2.40. The highest BCUT2D eigenvalue weighted by atomic mass is 28.3. The van der Waals surface area contributed by atoms with Crippen molar-refractivity contribution >= 4 is 13.3 Å². The van der Waals surface area contributed by atoms with Crippen LogP contribution in [-0.2, 0) is 0 Å². The van der Waals surface area contributed by atoms with Crippen molar-refractivity contribution in [2.45, 2.75) is 89.8 Å². The average molecular weight is 347 g/mol. The van der Waals surface area contributed by atoms with E-state index >= 15 is 0 Å². The second-order valence-electron chi connectivity index (χ2n) is 8.47. The van der Waals surface area contributed by atoms with E-state index in [-0.39, 0.29) is 0 Å². The molecule has 0 bridgehead atoms. The lowest BCUT2D eigenvalue weighted by Gasteiger charge is -2.40. The van der Waals surface area contributed by atoms with Gasteiger partial charge in [0.05, 0.1) is 15.2 Å². The Morgan fingerprint density at radius 2 is 1.54 bits per heavy atom. The number of benzene rings is 1. The largest absolute Gasteiger partial charge is 0.497 e. The highest BCUT2D eigenvalue weighted by molar-refractivity contribution is 6.94. The lowest BCUT2D eigenvalue weighted by atomic mass is 9.86. The molecule has 0 N–H and O–H groups in total. The van der Waals surface area contributed by atoms with Crippen molar-refractivity contribution in [3.05, 3.63) is 24.3 Å². The van der Waals surface area contributed by atoms with Crippen LogP contribution in [0.4, 0.5) is 0 Å². The van der Waals surface area contributed by atoms with Crippen molar-refractivity contribution < 1.29 is 4.74 Å². The average Bonchev–Trinajstić information content (AvgIpc) is 2.59. The molecular formula is C22H38OSi. The van der Waals surface area contributed by atoms with Crippen LogP contribution < -0.4 is 9.92 Å². The SMILES string of the molecule is COc1ccc([Si](CCCC2CCCCC2)(C(C)C)C(C)C)cc1. The zero-order valence-corrected chi connectivity index (χ0v) is 17.6. The summed E-state index contributed by atoms with van der Waals surface area (Å²) in [6, 6.07) is 10.5. The van der Waals surface area contributed by atoms with Crippen molar-refractivity contribution in [3.63, 3.8) is 0 Å². The first-order valence-corrected chi connectivity index (χ1v) is 12.5. The number of ether oxygens (including phenoxy) is 1. The number of methoxy groups -OCH3 is 1. The lowest BCUT2D eigenvalue weighted by Crippen LogP contribution is -2.53. The van der Waals surface area contributed by atoms with Crippen LogP contribution in [0.15, 0.2) is 24.3 Å². The van der Waals surface area contributed by atoms with Crippen molar-refractivity contribution in [3.8, 4) is 5.75 Å². The second kappa shape index (κ2) is 9.08. The van der Waals surface area contributed by atoms with Crippen molar-refractivity contribution in [2.75, 3.05) is 7.11 Å². The van der Waals surface area contributed by atoms with Gasteiger partial charge in [-0.1, -0.05) is 96.0 Å². The summed E-state index contributed by atoms with van der Waals surface area (Å²) in [5, 5.41) is 1.64. The molecule has 0 radical (unpaired) electrons. The monoisotopic (exact) mass is 346 g/mol. The maximum atomic E-state index is 5.38. The molecule has 1 aliphatic rings. The Labute approximate surface area is 151 Å². The zero-order valence-electron chi connectivity index (χ0n) is 16.6. The van der Waals surface area contributed by atoms with Gasteiger partial charge in [0.15, 0.2) is 0 Å². The van der Waals surface area contributed by atoms with E-state index in [0.717, 1.165) is 22.7 Å². The standard InChI is InChI=1S/C22H38OSi/c1-18(2)24(19(3)4,22-15-13-21(23-5)14-16-22)17-9-12-20-10-7-6-8-11-20/h13-16,18-20H,6-12,17H2,1-5H3. The van der Waals surface area contributed by atoms with Gasteiger partial charge in [0.25, 0.3) is 0 Å². The number of rotatable bonds is 8. The van der Waals surface area contributed by atoms with Gasteiger partial charge in [0, 0.05) is 0 Å². The Kier molecular flexibility index (Phi) is 7.40. The minimum absolute atomic E-state index is 0.789. The number of hydrogen-bond donors (Lipinski definition) is 0. The first-order valence-electron chi connectivity index (χ1n) is 10.1. The fraction of sp³-hybridized carbons (Fsp3) is 0.727. The molecule has 0 aromatic heterocycles. The van der Waals surface area contributed by atoms with Crippen LogP contribution >= 0.6 is 0 Å². The quantitative estimate of drug-likeness (QED) is 0.486. The van der Waals surface area contributed by atoms with E-state index in [2.05, 4.69) is 52.0 Å². The molecule has 0 unspecified atom stereocenters. The minimum Gasteiger partial charge on any atom is -0.497 e. The molecule has 1 aromatic carbocycles. The summed E-state index contributed by atoms with van der Waals surface area (Å²) < 4.78 is 5.38. The topological polar surface area (TPSA) is 9.23 Å². The third-order valence-corrected chi connectivity index (χ3v) is 13.3. The highest BCUT2D eigenvalue weighted by Crippen LogP contribution is 2.38. The zero-order chi connectivity index (χ0) is 17.6. The third kappa shape index (κ3) is 4.44. The molecule has 24 heavy (non-hydrogen) atoms. The molecular weight excluding hydrogens is 308 g/mol. The summed E-state index contributed by atoms with van der Waals surface area (Å²) in [4.78, 5) is 0. The van der Waals surface area contributed by atoms with Gasteiger partial charge in [0.2, 0.25) is 0 Å². The molecule has 2 rings (SSSR count). The molecule has 0 aliphatic heterocycles. The van der Waals surface area contributed by atoms with Gasteiger partial charge < -0.3 is 4.74 Å². The predicted octanol–water partition coefficient (Wildman–Crippen LogP) is 6.53. The van der Waals surface area contributed by atoms with Crippen LogP contribution in [0.2, 0.25) is 17.1 Å². The Balaban J connectivity index is 2.12. The van der Waals surface area contributed by atoms with Gasteiger partial charge in [-0.15, -0.1) is 0 Å². The molecule has 1 aromatic rings. The van der Waals surface area contributed by atoms with E-state index in [1.807, 2.05) is 0 Å². The molecule has 1 aliphatic carbocycles. The van der Waals surface area contributed by atoms with Crippen molar-refractivity contribution in [1.29, 1.82) is 0 Å². The minimum atomic E-state index is -1.50. The summed E-state index contributed by atoms with van der Waals surface area (Å²) in [6.07, 6.45) is 10.3. The Bertz CT molecular complexity index is 463. The smallest absolute Gasteiger partial charge is 0.118 e. The van der Waals surface area contributed by atoms with E-state index in [0.29, 0.717) is 0 Å². The van der Waals surface area contributed by atoms with Gasteiger partial charge in [-0.2, -0.15) is 0 Å². The maximum absolute atomic E-state index is 5.38. The molecule has 0 amide bonds. The molecule has 1 saturated carbocycles. The van der Waals surface area contributed by atoms with E-state index in [1.54, 1.807) is 12.3 Å². The molecule has 1 fully saturated rings. The van der Waals surface area contributed by atoms with Crippen LogP contribution in [-0.4, -0.2) is 15.2 Å². The summed E-state index contributed by atoms with van der Waals surface area (Å²) in [6.45, 7) is 9.88. The van der Waals surface area contributed by atoms with E-state index in [9.17, 15) is 0 Å². The Morgan fingerprint density at radius 1 is 0.958 bits per heavy atom. The van der Waals surface area contributed by atoms with Crippen LogP contribution in [0.25, 0.3) is 0 Å². The maximum Gasteiger partial charge on any atom is 0.118 e. The molecule has 136 valence electrons. The fourth-order valence-corrected chi connectivity index (χ4v) is 10.8. The van der Waals surface area contributed by atoms with Crippen LogP contribution in [0.1, 0.15) is 72.6 Å². The van der Waals surface area contributed by atoms with E-state index in [1.165, 1.54) is 51.0 Å². The first kappa shape index (κ1) is 19.6. The molecule has 0 heterocycles. The molecule has 0 atom stereocenters. The van der Waals surface area contributed by atoms with Crippen LogP contribution in [0.5, 0.6) is 5.75 Å².